The van der Waals surface area contributed by atoms with Crippen molar-refractivity contribution < 1.29 is 81.0 Å². The summed E-state index contributed by atoms with van der Waals surface area (Å²) < 4.78 is 43.0. The van der Waals surface area contributed by atoms with Gasteiger partial charge in [0.1, 0.15) is 44.1 Å². The Balaban J connectivity index is 0.842. The van der Waals surface area contributed by atoms with Crippen molar-refractivity contribution in [3.05, 3.63) is 110 Å². The highest BCUT2D eigenvalue weighted by atomic mass is 31.2. The van der Waals surface area contributed by atoms with E-state index in [-0.39, 0.29) is 42.6 Å². The number of fused-ring (bicyclic) bond motifs is 5. The first kappa shape index (κ1) is 58.0. The lowest BCUT2D eigenvalue weighted by Gasteiger charge is -2.31. The molecule has 2 aromatic carbocycles. The summed E-state index contributed by atoms with van der Waals surface area (Å²) in [5, 5.41) is 29.3. The van der Waals surface area contributed by atoms with E-state index in [0.717, 1.165) is 12.2 Å². The molecule has 80 heavy (non-hydrogen) atoms. The van der Waals surface area contributed by atoms with Gasteiger partial charge in [-0.25, -0.2) is 18.7 Å². The summed E-state index contributed by atoms with van der Waals surface area (Å²) in [6.45, 7) is 0.549. The molecule has 4 aromatic rings. The van der Waals surface area contributed by atoms with Gasteiger partial charge < -0.3 is 60.8 Å². The minimum atomic E-state index is -4.90. The lowest BCUT2D eigenvalue weighted by molar-refractivity contribution is -0.172. The third-order valence-corrected chi connectivity index (χ3v) is 14.5. The number of amides is 8. The van der Waals surface area contributed by atoms with Crippen molar-refractivity contribution in [3.63, 3.8) is 0 Å². The molecule has 27 nitrogen and oxygen atoms in total. The van der Waals surface area contributed by atoms with E-state index in [1.807, 2.05) is 0 Å². The van der Waals surface area contributed by atoms with Gasteiger partial charge in [-0.1, -0.05) is 37.3 Å². The van der Waals surface area contributed by atoms with Crippen molar-refractivity contribution in [2.45, 2.75) is 89.4 Å². The average molecular weight is 1130 g/mol. The number of imide groups is 1. The van der Waals surface area contributed by atoms with Gasteiger partial charge in [-0.15, -0.1) is 0 Å². The van der Waals surface area contributed by atoms with E-state index in [2.05, 4.69) is 41.7 Å². The molecule has 1 aliphatic carbocycles. The van der Waals surface area contributed by atoms with Crippen molar-refractivity contribution in [3.8, 4) is 11.4 Å². The molecule has 0 saturated carbocycles. The number of cyclic esters (lactones) is 1. The quantitative estimate of drug-likeness (QED) is 0.0113. The topological polar surface area (TPSA) is 381 Å². The number of phosphoric ester groups is 1. The van der Waals surface area contributed by atoms with Crippen LogP contribution in [-0.4, -0.2) is 140 Å². The largest absolute Gasteiger partial charge is 0.470 e. The van der Waals surface area contributed by atoms with Crippen LogP contribution in [0.25, 0.3) is 22.3 Å². The van der Waals surface area contributed by atoms with E-state index >= 15 is 4.39 Å². The minimum absolute atomic E-state index is 0.0227. The third-order valence-electron chi connectivity index (χ3n) is 14.0. The molecule has 0 saturated heterocycles. The maximum Gasteiger partial charge on any atom is 0.470 e. The third kappa shape index (κ3) is 12.5. The Morgan fingerprint density at radius 3 is 2.25 bits per heavy atom. The Kier molecular flexibility index (Phi) is 17.5. The first-order valence-electron chi connectivity index (χ1n) is 25.1. The molecule has 0 spiro atoms. The standard InChI is InChI=1S/C51H56FN10O17P/c1-4-51(73)31-15-36-45-29(21-61(36)49(71)30(31)22-77-50(51)72)44-33(11-10-28-25(2)32(52)16-34(59-45)43(28)44)60-46(68)26(3)78-24-57-39(64)19-55-47(69)35(14-27-8-6-5-7-9-27)58-40(65)20-54-38(63)18-56-48(70)37(17-53-23-79-80(74,75)76)62-41(66)12-13-42(62)67/h5-9,12-13,15-16,26,33,35,37,53,73H,4,10-11,14,17-24H2,1-3H3,(H,54,63)(H,55,69)(H,56,70)(H,57,64)(H,58,65)(H,60,68)(H2,74,75,76)/t26-,33-,35-,37?,51-/m0/s1. The highest BCUT2D eigenvalue weighted by molar-refractivity contribution is 7.46. The molecular weight excluding hydrogens is 1070 g/mol. The summed E-state index contributed by atoms with van der Waals surface area (Å²) in [4.78, 5) is 154. The molecular formula is C51H56FN10O17P. The number of benzene rings is 2. The molecule has 29 heteroatoms. The van der Waals surface area contributed by atoms with Crippen LogP contribution in [0.5, 0.6) is 0 Å². The summed E-state index contributed by atoms with van der Waals surface area (Å²) in [7, 11) is -4.90. The second-order valence-corrected chi connectivity index (χ2v) is 20.3. The molecule has 424 valence electrons. The van der Waals surface area contributed by atoms with Crippen LogP contribution in [-0.2, 0) is 93.3 Å². The molecule has 5 atom stereocenters. The number of esters is 1. The van der Waals surface area contributed by atoms with Crippen LogP contribution in [0.4, 0.5) is 4.39 Å². The SMILES string of the molecule is CC[C@@]1(O)C(=O)OCc2c1cc1n(c2=O)Cc2c-1nc1cc(F)c(C)c3c1c2[C@@H](NC(=O)[C@H](C)OCNC(=O)CNC(=O)[C@H](Cc1ccccc1)NC(=O)CNC(=O)CNC(=O)C(CNCOP(=O)(O)O)N1C(=O)C=CC1=O)CC3. The fraction of sp³-hybridized carbons (Fsp3) is 0.392. The Hall–Kier alpha value is -8.11. The van der Waals surface area contributed by atoms with Gasteiger partial charge in [0.2, 0.25) is 35.4 Å². The van der Waals surface area contributed by atoms with Crippen molar-refractivity contribution in [2.75, 3.05) is 39.6 Å². The van der Waals surface area contributed by atoms with Crippen LogP contribution < -0.4 is 42.8 Å². The molecule has 2 aromatic heterocycles. The number of halogens is 1. The predicted octanol–water partition coefficient (Wildman–Crippen LogP) is -1.86. The number of carbonyl (C=O) groups excluding carboxylic acids is 9. The second-order valence-electron chi connectivity index (χ2n) is 19.1. The number of hydrogen-bond acceptors (Lipinski definition) is 17. The van der Waals surface area contributed by atoms with E-state index in [1.165, 1.54) is 17.6 Å². The second kappa shape index (κ2) is 24.1. The average Bonchev–Trinajstić information content (AvgIpc) is 4.00. The smallest absolute Gasteiger partial charge is 0.458 e. The maximum atomic E-state index is 15.4. The van der Waals surface area contributed by atoms with Crippen molar-refractivity contribution in [1.82, 2.24) is 51.7 Å². The molecule has 8 rings (SSSR count). The first-order valence-corrected chi connectivity index (χ1v) is 26.6. The van der Waals surface area contributed by atoms with Gasteiger partial charge in [0.05, 0.1) is 54.7 Å². The number of phosphoric acid groups is 1. The summed E-state index contributed by atoms with van der Waals surface area (Å²) in [5.74, 6) is -8.00. The summed E-state index contributed by atoms with van der Waals surface area (Å²) in [5.41, 5.74) is 1.51. The number of carbonyl (C=O) groups is 9. The van der Waals surface area contributed by atoms with Gasteiger partial charge in [-0.05, 0) is 61.4 Å². The van der Waals surface area contributed by atoms with Crippen molar-refractivity contribution in [1.29, 1.82) is 0 Å². The first-order chi connectivity index (χ1) is 38.0. The van der Waals surface area contributed by atoms with E-state index < -0.39 is 142 Å². The minimum Gasteiger partial charge on any atom is -0.458 e. The lowest BCUT2D eigenvalue weighted by Crippen LogP contribution is -2.55. The number of aryl methyl sites for hydroxylation is 1. The molecule has 0 bridgehead atoms. The predicted molar refractivity (Wildman–Crippen MR) is 274 cm³/mol. The Morgan fingerprint density at radius 2 is 1.56 bits per heavy atom. The molecule has 5 heterocycles. The number of pyridine rings is 2. The number of nitrogens with one attached hydrogen (secondary N) is 7. The Labute approximate surface area is 453 Å². The number of hydrogen-bond donors (Lipinski definition) is 10. The van der Waals surface area contributed by atoms with Crippen LogP contribution in [0.2, 0.25) is 0 Å². The molecule has 1 unspecified atom stereocenters. The number of aromatic nitrogens is 2. The molecule has 4 aliphatic rings. The monoisotopic (exact) mass is 1130 g/mol. The van der Waals surface area contributed by atoms with Crippen molar-refractivity contribution >= 4 is 72.0 Å². The zero-order valence-electron chi connectivity index (χ0n) is 43.2. The number of nitrogens with zero attached hydrogens (tertiary/aromatic N) is 3. The fourth-order valence-electron chi connectivity index (χ4n) is 9.84. The number of aliphatic hydroxyl groups is 1. The fourth-order valence-corrected chi connectivity index (χ4v) is 10.1. The van der Waals surface area contributed by atoms with Crippen LogP contribution in [0.1, 0.15) is 71.7 Å². The Bertz CT molecular complexity index is 3350. The van der Waals surface area contributed by atoms with E-state index in [9.17, 15) is 57.6 Å². The van der Waals surface area contributed by atoms with Gasteiger partial charge in [0.15, 0.2) is 5.60 Å². The van der Waals surface area contributed by atoms with Gasteiger partial charge in [0, 0.05) is 47.7 Å². The molecule has 3 aliphatic heterocycles. The van der Waals surface area contributed by atoms with Gasteiger partial charge in [0.25, 0.3) is 17.4 Å². The summed E-state index contributed by atoms with van der Waals surface area (Å²) >= 11 is 0. The molecule has 0 fully saturated rings. The summed E-state index contributed by atoms with van der Waals surface area (Å²) in [6, 6.07) is 7.80. The molecule has 8 amide bonds. The van der Waals surface area contributed by atoms with E-state index in [4.69, 9.17) is 24.2 Å². The zero-order chi connectivity index (χ0) is 57.8. The normalized spacial score (nSPS) is 18.1. The van der Waals surface area contributed by atoms with Gasteiger partial charge in [-0.3, -0.25) is 57.9 Å². The van der Waals surface area contributed by atoms with Gasteiger partial charge in [-0.2, -0.15) is 0 Å². The van der Waals surface area contributed by atoms with E-state index in [1.54, 1.807) is 50.2 Å². The number of rotatable bonds is 23. The molecule has 0 radical (unpaired) electrons. The zero-order valence-corrected chi connectivity index (χ0v) is 44.1. The van der Waals surface area contributed by atoms with Crippen LogP contribution in [0, 0.1) is 12.7 Å². The Morgan fingerprint density at radius 1 is 0.887 bits per heavy atom. The van der Waals surface area contributed by atoms with E-state index in [0.29, 0.717) is 62.3 Å². The van der Waals surface area contributed by atoms with Crippen LogP contribution in [0.3, 0.4) is 0 Å². The van der Waals surface area contributed by atoms with Gasteiger partial charge >= 0.3 is 13.8 Å². The summed E-state index contributed by atoms with van der Waals surface area (Å²) in [6.07, 6.45) is 1.22. The maximum absolute atomic E-state index is 15.4. The number of ether oxygens (including phenoxy) is 2. The van der Waals surface area contributed by atoms with Crippen molar-refractivity contribution in [2.24, 2.45) is 0 Å². The lowest BCUT2D eigenvalue weighted by atomic mass is 9.81. The molecule has 10 N–H and O–H groups in total. The highest BCUT2D eigenvalue weighted by Crippen LogP contribution is 2.46. The van der Waals surface area contributed by atoms with Crippen LogP contribution in [0.15, 0.2) is 59.4 Å². The highest BCUT2D eigenvalue weighted by Gasteiger charge is 2.46. The van der Waals surface area contributed by atoms with Crippen LogP contribution >= 0.6 is 7.82 Å².